The third-order valence-electron chi connectivity index (χ3n) is 8.48. The van der Waals surface area contributed by atoms with Gasteiger partial charge in [0.1, 0.15) is 0 Å². The lowest BCUT2D eigenvalue weighted by Crippen LogP contribution is -2.33. The number of pyridine rings is 1. The van der Waals surface area contributed by atoms with Crippen LogP contribution in [-0.4, -0.2) is 4.57 Å². The Balaban J connectivity index is 1.71. The predicted molar refractivity (Wildman–Crippen MR) is 164 cm³/mol. The lowest BCUT2D eigenvalue weighted by molar-refractivity contribution is 0.794. The summed E-state index contributed by atoms with van der Waals surface area (Å²) in [5, 5.41) is 20.7. The van der Waals surface area contributed by atoms with Crippen LogP contribution in [0.4, 0.5) is 0 Å². The third kappa shape index (κ3) is 3.00. The number of fused-ring (bicyclic) bond motifs is 2. The molecule has 1 heterocycles. The highest BCUT2D eigenvalue weighted by Crippen LogP contribution is 2.43. The van der Waals surface area contributed by atoms with Gasteiger partial charge in [-0.1, -0.05) is 94.9 Å². The van der Waals surface area contributed by atoms with Gasteiger partial charge in [0, 0.05) is 26.9 Å². The van der Waals surface area contributed by atoms with Crippen molar-refractivity contribution in [1.82, 2.24) is 4.57 Å². The van der Waals surface area contributed by atoms with Crippen LogP contribution in [0.1, 0.15) is 56.2 Å². The fourth-order valence-electron chi connectivity index (χ4n) is 6.69. The Morgan fingerprint density at radius 3 is 1.77 bits per heavy atom. The van der Waals surface area contributed by atoms with Crippen LogP contribution in [0.25, 0.3) is 66.1 Å². The molecule has 0 spiro atoms. The Hall–Kier alpha value is -4.68. The molecular formula is C36H28N2O. The first-order valence-corrected chi connectivity index (χ1v) is 13.6. The second-order valence-electron chi connectivity index (χ2n) is 11.3. The fraction of sp³-hybridized carbons (Fsp3) is 0.167. The van der Waals surface area contributed by atoms with E-state index in [1.165, 1.54) is 0 Å². The second-order valence-corrected chi connectivity index (χ2v) is 11.3. The van der Waals surface area contributed by atoms with E-state index in [0.29, 0.717) is 10.9 Å². The molecule has 0 aliphatic rings. The monoisotopic (exact) mass is 504 g/mol. The van der Waals surface area contributed by atoms with Crippen LogP contribution < -0.4 is 10.9 Å². The molecule has 1 aromatic heterocycles. The van der Waals surface area contributed by atoms with E-state index in [1.54, 1.807) is 0 Å². The molecule has 188 valence electrons. The highest BCUT2D eigenvalue weighted by Gasteiger charge is 2.22. The molecule has 0 N–H and O–H groups in total. The molecule has 0 saturated heterocycles. The van der Waals surface area contributed by atoms with E-state index >= 15 is 0 Å². The van der Waals surface area contributed by atoms with Gasteiger partial charge in [0.25, 0.3) is 5.56 Å². The van der Waals surface area contributed by atoms with Crippen LogP contribution in [0.3, 0.4) is 0 Å². The van der Waals surface area contributed by atoms with E-state index in [1.807, 2.05) is 28.8 Å². The molecule has 3 nitrogen and oxygen atoms in total. The highest BCUT2D eigenvalue weighted by atomic mass is 16.1. The number of nitrogens with zero attached hydrogens (tertiary/aromatic N) is 2. The number of aromatic nitrogens is 1. The van der Waals surface area contributed by atoms with Crippen LogP contribution in [-0.2, 0) is 0 Å². The molecule has 7 rings (SSSR count). The van der Waals surface area contributed by atoms with Gasteiger partial charge in [-0.3, -0.25) is 9.36 Å². The summed E-state index contributed by atoms with van der Waals surface area (Å²) in [6, 6.07) is 27.2. The maximum atomic E-state index is 14.4. The van der Waals surface area contributed by atoms with E-state index < -0.39 is 0 Å². The Morgan fingerprint density at radius 2 is 1.13 bits per heavy atom. The van der Waals surface area contributed by atoms with Crippen LogP contribution >= 0.6 is 0 Å². The average molecular weight is 505 g/mol. The van der Waals surface area contributed by atoms with Crippen LogP contribution in [0.15, 0.2) is 77.6 Å². The number of rotatable bonds is 3. The van der Waals surface area contributed by atoms with E-state index in [4.69, 9.17) is 0 Å². The van der Waals surface area contributed by atoms with Crippen molar-refractivity contribution in [2.45, 2.75) is 39.5 Å². The summed E-state index contributed by atoms with van der Waals surface area (Å²) in [6.07, 6.45) is 0. The molecule has 3 heteroatoms. The van der Waals surface area contributed by atoms with Gasteiger partial charge < -0.3 is 0 Å². The number of para-hydroxylation sites is 1. The molecule has 6 aromatic carbocycles. The van der Waals surface area contributed by atoms with Gasteiger partial charge in [-0.25, -0.2) is 0 Å². The summed E-state index contributed by atoms with van der Waals surface area (Å²) >= 11 is 0. The molecular weight excluding hydrogens is 476 g/mol. The van der Waals surface area contributed by atoms with Gasteiger partial charge in [-0.15, -0.1) is 0 Å². The minimum Gasteiger partial charge on any atom is -0.276 e. The molecule has 0 aliphatic heterocycles. The summed E-state index contributed by atoms with van der Waals surface area (Å²) in [6.45, 7) is 13.2. The number of benzene rings is 6. The lowest BCUT2D eigenvalue weighted by atomic mass is 9.86. The van der Waals surface area contributed by atoms with Crippen LogP contribution in [0.2, 0.25) is 0 Å². The van der Waals surface area contributed by atoms with E-state index in [9.17, 15) is 10.1 Å². The first-order chi connectivity index (χ1) is 18.8. The van der Waals surface area contributed by atoms with Gasteiger partial charge in [0.15, 0.2) is 0 Å². The number of nitriles is 1. The van der Waals surface area contributed by atoms with E-state index in [0.717, 1.165) is 70.6 Å². The number of hydrogen-bond acceptors (Lipinski definition) is 2. The molecule has 0 aliphatic carbocycles. The highest BCUT2D eigenvalue weighted by molar-refractivity contribution is 6.37. The Morgan fingerprint density at radius 1 is 0.641 bits per heavy atom. The Kier molecular flexibility index (Phi) is 4.90. The smallest absolute Gasteiger partial charge is 0.263 e. The molecule has 39 heavy (non-hydrogen) atoms. The first kappa shape index (κ1) is 23.4. The van der Waals surface area contributed by atoms with Crippen LogP contribution in [0, 0.1) is 11.3 Å². The molecule has 0 saturated carbocycles. The van der Waals surface area contributed by atoms with Crippen LogP contribution in [0.5, 0.6) is 0 Å². The largest absolute Gasteiger partial charge is 0.276 e. The third-order valence-corrected chi connectivity index (χ3v) is 8.48. The van der Waals surface area contributed by atoms with Crippen molar-refractivity contribution in [1.29, 1.82) is 5.26 Å². The second kappa shape index (κ2) is 8.16. The maximum Gasteiger partial charge on any atom is 0.263 e. The summed E-state index contributed by atoms with van der Waals surface area (Å²) in [4.78, 5) is 14.4. The Labute approximate surface area is 226 Å². The minimum absolute atomic E-state index is 0.0324. The zero-order valence-electron chi connectivity index (χ0n) is 22.6. The summed E-state index contributed by atoms with van der Waals surface area (Å²) in [7, 11) is 0. The molecule has 0 amide bonds. The van der Waals surface area contributed by atoms with Crippen molar-refractivity contribution < 1.29 is 0 Å². The lowest BCUT2D eigenvalue weighted by Gasteiger charge is -2.23. The molecule has 0 unspecified atom stereocenters. The minimum atomic E-state index is -0.0324. The van der Waals surface area contributed by atoms with Crippen molar-refractivity contribution in [3.05, 3.63) is 105 Å². The molecule has 0 fully saturated rings. The van der Waals surface area contributed by atoms with E-state index in [-0.39, 0.29) is 17.4 Å². The van der Waals surface area contributed by atoms with Gasteiger partial charge in [-0.2, -0.15) is 5.26 Å². The van der Waals surface area contributed by atoms with Crippen molar-refractivity contribution in [2.75, 3.05) is 0 Å². The fourth-order valence-corrected chi connectivity index (χ4v) is 6.69. The first-order valence-electron chi connectivity index (χ1n) is 13.6. The molecule has 7 aromatic rings. The molecule has 0 atom stereocenters. The number of hydrogen-bond donors (Lipinski definition) is 0. The quantitative estimate of drug-likeness (QED) is 0.179. The zero-order valence-corrected chi connectivity index (χ0v) is 22.6. The topological polar surface area (TPSA) is 45.8 Å². The molecule has 0 radical (unpaired) electrons. The van der Waals surface area contributed by atoms with Gasteiger partial charge in [-0.05, 0) is 67.4 Å². The zero-order chi connectivity index (χ0) is 27.2. The maximum absolute atomic E-state index is 14.4. The average Bonchev–Trinajstić information content (AvgIpc) is 2.94. The molecule has 0 bridgehead atoms. The van der Waals surface area contributed by atoms with Crippen molar-refractivity contribution >= 4 is 60.4 Å². The summed E-state index contributed by atoms with van der Waals surface area (Å²) < 4.78 is 1.86. The van der Waals surface area contributed by atoms with Gasteiger partial charge >= 0.3 is 0 Å². The summed E-state index contributed by atoms with van der Waals surface area (Å²) in [5.41, 5.74) is 3.91. The van der Waals surface area contributed by atoms with Crippen molar-refractivity contribution in [2.24, 2.45) is 0 Å². The van der Waals surface area contributed by atoms with Gasteiger partial charge in [0.2, 0.25) is 0 Å². The summed E-state index contributed by atoms with van der Waals surface area (Å²) in [5.74, 6) is 0.512. The van der Waals surface area contributed by atoms with Crippen molar-refractivity contribution in [3.8, 4) is 11.8 Å². The standard InChI is InChI=1S/C36H28N2O/c1-19(2)23-8-6-9-24(20(3)4)35(23)38-21(5)25-14-15-30-28-13-12-22(18-37)26-10-7-11-27(32(26)28)29-16-17-31(36(38)39)33(25)34(29)30/h6-17,19-20H,5H2,1-4H3. The SMILES string of the molecule is C=c1c2ccc3c4ccc(C#N)c5cccc(c6ccc(c(=O)n1-c1c(C(C)C)cccc1C(C)C)c2c36)c54. The normalized spacial score (nSPS) is 12.2. The van der Waals surface area contributed by atoms with Crippen molar-refractivity contribution in [3.63, 3.8) is 0 Å². The Bertz CT molecular complexity index is 2170. The van der Waals surface area contributed by atoms with E-state index in [2.05, 4.69) is 88.9 Å². The predicted octanol–water partition coefficient (Wildman–Crippen LogP) is 8.29. The van der Waals surface area contributed by atoms with Gasteiger partial charge in [0.05, 0.1) is 17.3 Å².